The number of benzene rings is 1. The number of non-ortho nitro benzene ring substituents is 1. The SMILES string of the molecule is COC(=O)CCC(C(=O)OC)c1ccc([N+](=O)[O-])cc1. The van der Waals surface area contributed by atoms with Crippen LogP contribution in [-0.2, 0) is 19.1 Å². The fourth-order valence-corrected chi connectivity index (χ4v) is 1.76. The molecule has 0 radical (unpaired) electrons. The molecule has 108 valence electrons. The Labute approximate surface area is 115 Å². The molecule has 0 fully saturated rings. The predicted molar refractivity (Wildman–Crippen MR) is 69.1 cm³/mol. The van der Waals surface area contributed by atoms with E-state index in [0.29, 0.717) is 5.56 Å². The third kappa shape index (κ3) is 4.04. The number of carbonyl (C=O) groups is 2. The van der Waals surface area contributed by atoms with Gasteiger partial charge in [0, 0.05) is 18.6 Å². The molecule has 0 saturated carbocycles. The molecule has 1 rings (SSSR count). The van der Waals surface area contributed by atoms with Crippen molar-refractivity contribution in [3.05, 3.63) is 39.9 Å². The van der Waals surface area contributed by atoms with Crippen LogP contribution in [0.1, 0.15) is 24.3 Å². The summed E-state index contributed by atoms with van der Waals surface area (Å²) in [7, 11) is 2.51. The number of carbonyl (C=O) groups excluding carboxylic acids is 2. The summed E-state index contributed by atoms with van der Waals surface area (Å²) in [4.78, 5) is 32.9. The Morgan fingerprint density at radius 3 is 2.25 bits per heavy atom. The molecule has 0 saturated heterocycles. The topological polar surface area (TPSA) is 95.7 Å². The molecule has 0 aliphatic heterocycles. The summed E-state index contributed by atoms with van der Waals surface area (Å²) in [5, 5.41) is 10.6. The van der Waals surface area contributed by atoms with Crippen LogP contribution in [0.5, 0.6) is 0 Å². The minimum Gasteiger partial charge on any atom is -0.469 e. The van der Waals surface area contributed by atoms with Crippen LogP contribution >= 0.6 is 0 Å². The molecule has 0 spiro atoms. The number of hydrogen-bond acceptors (Lipinski definition) is 6. The Morgan fingerprint density at radius 1 is 1.20 bits per heavy atom. The number of hydrogen-bond donors (Lipinski definition) is 0. The lowest BCUT2D eigenvalue weighted by Gasteiger charge is -2.14. The van der Waals surface area contributed by atoms with E-state index in [1.54, 1.807) is 0 Å². The van der Waals surface area contributed by atoms with Crippen LogP contribution < -0.4 is 0 Å². The predicted octanol–water partition coefficient (Wildman–Crippen LogP) is 1.80. The molecule has 0 N–H and O–H groups in total. The highest BCUT2D eigenvalue weighted by Crippen LogP contribution is 2.25. The highest BCUT2D eigenvalue weighted by Gasteiger charge is 2.23. The molecular formula is C13H15NO6. The van der Waals surface area contributed by atoms with Gasteiger partial charge >= 0.3 is 11.9 Å². The maximum atomic E-state index is 11.7. The summed E-state index contributed by atoms with van der Waals surface area (Å²) in [6.07, 6.45) is 0.282. The van der Waals surface area contributed by atoms with Gasteiger partial charge in [-0.25, -0.2) is 0 Å². The van der Waals surface area contributed by atoms with Gasteiger partial charge in [-0.1, -0.05) is 12.1 Å². The zero-order valence-corrected chi connectivity index (χ0v) is 11.2. The normalized spacial score (nSPS) is 11.5. The number of esters is 2. The lowest BCUT2D eigenvalue weighted by molar-refractivity contribution is -0.384. The third-order valence-electron chi connectivity index (χ3n) is 2.86. The van der Waals surface area contributed by atoms with Gasteiger partial charge in [0.1, 0.15) is 0 Å². The van der Waals surface area contributed by atoms with Crippen molar-refractivity contribution in [3.63, 3.8) is 0 Å². The van der Waals surface area contributed by atoms with E-state index in [-0.39, 0.29) is 18.5 Å². The van der Waals surface area contributed by atoms with Crippen LogP contribution in [0.2, 0.25) is 0 Å². The van der Waals surface area contributed by atoms with E-state index in [9.17, 15) is 19.7 Å². The first kappa shape index (κ1) is 15.6. The average molecular weight is 281 g/mol. The zero-order chi connectivity index (χ0) is 15.1. The van der Waals surface area contributed by atoms with E-state index in [1.165, 1.54) is 38.5 Å². The summed E-state index contributed by atoms with van der Waals surface area (Å²) in [5.41, 5.74) is 0.497. The third-order valence-corrected chi connectivity index (χ3v) is 2.86. The van der Waals surface area contributed by atoms with Crippen molar-refractivity contribution in [3.8, 4) is 0 Å². The summed E-state index contributed by atoms with van der Waals surface area (Å²) >= 11 is 0. The van der Waals surface area contributed by atoms with Gasteiger partial charge in [0.05, 0.1) is 25.1 Å². The molecule has 0 aliphatic rings. The summed E-state index contributed by atoms with van der Waals surface area (Å²) in [6, 6.07) is 5.58. The van der Waals surface area contributed by atoms with Gasteiger partial charge in [-0.15, -0.1) is 0 Å². The minimum absolute atomic E-state index is 0.0628. The van der Waals surface area contributed by atoms with Crippen molar-refractivity contribution in [2.45, 2.75) is 18.8 Å². The largest absolute Gasteiger partial charge is 0.469 e. The second kappa shape index (κ2) is 7.22. The molecule has 0 bridgehead atoms. The van der Waals surface area contributed by atoms with Gasteiger partial charge in [-0.2, -0.15) is 0 Å². The molecule has 1 unspecified atom stereocenters. The molecular weight excluding hydrogens is 266 g/mol. The smallest absolute Gasteiger partial charge is 0.313 e. The van der Waals surface area contributed by atoms with Crippen LogP contribution in [0.3, 0.4) is 0 Å². The number of nitro benzene ring substituents is 1. The maximum absolute atomic E-state index is 11.7. The number of rotatable bonds is 6. The minimum atomic E-state index is -0.653. The van der Waals surface area contributed by atoms with Crippen molar-refractivity contribution < 1.29 is 24.0 Å². The fourth-order valence-electron chi connectivity index (χ4n) is 1.76. The highest BCUT2D eigenvalue weighted by molar-refractivity contribution is 5.79. The quantitative estimate of drug-likeness (QED) is 0.448. The Balaban J connectivity index is 2.89. The van der Waals surface area contributed by atoms with Crippen LogP contribution in [0.25, 0.3) is 0 Å². The van der Waals surface area contributed by atoms with E-state index in [2.05, 4.69) is 9.47 Å². The van der Waals surface area contributed by atoms with Crippen LogP contribution in [-0.4, -0.2) is 31.1 Å². The van der Waals surface area contributed by atoms with E-state index >= 15 is 0 Å². The second-order valence-corrected chi connectivity index (χ2v) is 4.04. The number of ether oxygens (including phenoxy) is 2. The first-order chi connectivity index (χ1) is 9.49. The Hall–Kier alpha value is -2.44. The van der Waals surface area contributed by atoms with E-state index < -0.39 is 22.8 Å². The Bertz CT molecular complexity index is 496. The first-order valence-electron chi connectivity index (χ1n) is 5.88. The summed E-state index contributed by atoms with van der Waals surface area (Å²) in [6.45, 7) is 0. The molecule has 1 atom stereocenters. The number of nitro groups is 1. The summed E-state index contributed by atoms with van der Waals surface area (Å²) < 4.78 is 9.21. The van der Waals surface area contributed by atoms with Crippen molar-refractivity contribution >= 4 is 17.6 Å². The Morgan fingerprint density at radius 2 is 1.80 bits per heavy atom. The number of nitrogens with zero attached hydrogens (tertiary/aromatic N) is 1. The fraction of sp³-hybridized carbons (Fsp3) is 0.385. The molecule has 20 heavy (non-hydrogen) atoms. The van der Waals surface area contributed by atoms with Gasteiger partial charge in [-0.3, -0.25) is 19.7 Å². The van der Waals surface area contributed by atoms with E-state index in [0.717, 1.165) is 0 Å². The van der Waals surface area contributed by atoms with Gasteiger partial charge < -0.3 is 9.47 Å². The van der Waals surface area contributed by atoms with Crippen LogP contribution in [0.15, 0.2) is 24.3 Å². The van der Waals surface area contributed by atoms with Gasteiger partial charge in [-0.05, 0) is 12.0 Å². The highest BCUT2D eigenvalue weighted by atomic mass is 16.6. The molecule has 7 heteroatoms. The molecule has 0 aromatic heterocycles. The van der Waals surface area contributed by atoms with Crippen molar-refractivity contribution in [1.82, 2.24) is 0 Å². The van der Waals surface area contributed by atoms with Gasteiger partial charge in [0.15, 0.2) is 0 Å². The standard InChI is InChI=1S/C13H15NO6/c1-19-12(15)8-7-11(13(16)20-2)9-3-5-10(6-4-9)14(17)18/h3-6,11H,7-8H2,1-2H3. The average Bonchev–Trinajstić information content (AvgIpc) is 2.47. The monoisotopic (exact) mass is 281 g/mol. The molecule has 7 nitrogen and oxygen atoms in total. The zero-order valence-electron chi connectivity index (χ0n) is 11.2. The molecule has 0 heterocycles. The number of methoxy groups -OCH3 is 2. The van der Waals surface area contributed by atoms with Crippen LogP contribution in [0, 0.1) is 10.1 Å². The Kier molecular flexibility index (Phi) is 5.64. The molecule has 1 aromatic carbocycles. The lowest BCUT2D eigenvalue weighted by atomic mass is 9.94. The van der Waals surface area contributed by atoms with E-state index in [1.807, 2.05) is 0 Å². The lowest BCUT2D eigenvalue weighted by Crippen LogP contribution is -2.16. The summed E-state index contributed by atoms with van der Waals surface area (Å²) in [5.74, 6) is -1.58. The maximum Gasteiger partial charge on any atom is 0.313 e. The van der Waals surface area contributed by atoms with E-state index in [4.69, 9.17) is 0 Å². The van der Waals surface area contributed by atoms with Gasteiger partial charge in [0.25, 0.3) is 5.69 Å². The molecule has 0 amide bonds. The molecule has 0 aliphatic carbocycles. The first-order valence-corrected chi connectivity index (χ1v) is 5.88. The molecule has 1 aromatic rings. The van der Waals surface area contributed by atoms with Crippen molar-refractivity contribution in [1.29, 1.82) is 0 Å². The van der Waals surface area contributed by atoms with Crippen LogP contribution in [0.4, 0.5) is 5.69 Å². The van der Waals surface area contributed by atoms with Crippen molar-refractivity contribution in [2.24, 2.45) is 0 Å². The second-order valence-electron chi connectivity index (χ2n) is 4.04. The van der Waals surface area contributed by atoms with Crippen molar-refractivity contribution in [2.75, 3.05) is 14.2 Å². The van der Waals surface area contributed by atoms with Gasteiger partial charge in [0.2, 0.25) is 0 Å².